The van der Waals surface area contributed by atoms with Crippen LogP contribution in [0.4, 0.5) is 0 Å². The summed E-state index contributed by atoms with van der Waals surface area (Å²) in [6.07, 6.45) is 11.9. The van der Waals surface area contributed by atoms with Gasteiger partial charge in [-0.25, -0.2) is 0 Å². The van der Waals surface area contributed by atoms with E-state index in [1.54, 1.807) is 0 Å². The van der Waals surface area contributed by atoms with Crippen molar-refractivity contribution in [2.45, 2.75) is 58.3 Å². The second kappa shape index (κ2) is 5.89. The van der Waals surface area contributed by atoms with Gasteiger partial charge in [0.1, 0.15) is 0 Å². The van der Waals surface area contributed by atoms with Gasteiger partial charge in [-0.2, -0.15) is 0 Å². The molecule has 0 spiro atoms. The first-order valence-electron chi connectivity index (χ1n) is 7.11. The summed E-state index contributed by atoms with van der Waals surface area (Å²) in [5, 5.41) is 3.48. The van der Waals surface area contributed by atoms with Crippen LogP contribution in [0.25, 0.3) is 0 Å². The molecule has 1 N–H and O–H groups in total. The Morgan fingerprint density at radius 1 is 0.867 bits per heavy atom. The van der Waals surface area contributed by atoms with Crippen molar-refractivity contribution in [2.24, 2.45) is 17.8 Å². The minimum atomic E-state index is 1.06. The van der Waals surface area contributed by atoms with Gasteiger partial charge < -0.3 is 5.32 Å². The van der Waals surface area contributed by atoms with E-state index in [9.17, 15) is 0 Å². The first-order chi connectivity index (χ1) is 7.40. The molecule has 0 aromatic carbocycles. The molecule has 2 fully saturated rings. The van der Waals surface area contributed by atoms with Gasteiger partial charge in [0.2, 0.25) is 0 Å². The molecule has 1 nitrogen and oxygen atoms in total. The quantitative estimate of drug-likeness (QED) is 0.749. The van der Waals surface area contributed by atoms with Crippen LogP contribution < -0.4 is 5.32 Å². The summed E-state index contributed by atoms with van der Waals surface area (Å²) < 4.78 is 0. The Bertz CT molecular complexity index is 164. The first kappa shape index (κ1) is 11.4. The zero-order valence-corrected chi connectivity index (χ0v) is 10.3. The van der Waals surface area contributed by atoms with Gasteiger partial charge >= 0.3 is 0 Å². The van der Waals surface area contributed by atoms with Crippen molar-refractivity contribution in [3.05, 3.63) is 0 Å². The van der Waals surface area contributed by atoms with Crippen LogP contribution in [0.15, 0.2) is 0 Å². The molecule has 1 saturated carbocycles. The predicted molar refractivity (Wildman–Crippen MR) is 65.9 cm³/mol. The Labute approximate surface area is 95.0 Å². The van der Waals surface area contributed by atoms with Crippen molar-refractivity contribution >= 4 is 0 Å². The average molecular weight is 209 g/mol. The van der Waals surface area contributed by atoms with E-state index in [2.05, 4.69) is 12.2 Å². The van der Waals surface area contributed by atoms with E-state index in [-0.39, 0.29) is 0 Å². The van der Waals surface area contributed by atoms with E-state index in [1.165, 1.54) is 64.5 Å². The predicted octanol–water partition coefficient (Wildman–Crippen LogP) is 3.59. The van der Waals surface area contributed by atoms with Crippen molar-refractivity contribution < 1.29 is 0 Å². The molecule has 1 saturated heterocycles. The van der Waals surface area contributed by atoms with E-state index in [0.717, 1.165) is 17.8 Å². The molecule has 0 amide bonds. The summed E-state index contributed by atoms with van der Waals surface area (Å²) in [6, 6.07) is 0. The van der Waals surface area contributed by atoms with Gasteiger partial charge in [-0.1, -0.05) is 32.6 Å². The highest BCUT2D eigenvalue weighted by atomic mass is 14.9. The largest absolute Gasteiger partial charge is 0.317 e. The maximum atomic E-state index is 3.48. The summed E-state index contributed by atoms with van der Waals surface area (Å²) in [5.41, 5.74) is 0. The molecule has 1 heterocycles. The van der Waals surface area contributed by atoms with Crippen molar-refractivity contribution in [3.63, 3.8) is 0 Å². The Balaban J connectivity index is 1.72. The normalized spacial score (nSPS) is 34.2. The minimum Gasteiger partial charge on any atom is -0.317 e. The van der Waals surface area contributed by atoms with Crippen LogP contribution in [0.2, 0.25) is 0 Å². The molecule has 2 aliphatic rings. The molecule has 1 aliphatic carbocycles. The lowest BCUT2D eigenvalue weighted by molar-refractivity contribution is 0.169. The average Bonchev–Trinajstić information content (AvgIpc) is 2.32. The molecule has 0 aromatic rings. The fourth-order valence-corrected chi connectivity index (χ4v) is 3.67. The Morgan fingerprint density at radius 3 is 2.07 bits per heavy atom. The van der Waals surface area contributed by atoms with E-state index < -0.39 is 0 Å². The van der Waals surface area contributed by atoms with Gasteiger partial charge in [0.25, 0.3) is 0 Å². The van der Waals surface area contributed by atoms with Crippen LogP contribution >= 0.6 is 0 Å². The molecule has 0 unspecified atom stereocenters. The van der Waals surface area contributed by atoms with Crippen LogP contribution in [0.3, 0.4) is 0 Å². The van der Waals surface area contributed by atoms with Crippen LogP contribution in [0.1, 0.15) is 58.3 Å². The zero-order chi connectivity index (χ0) is 10.5. The molecule has 0 aromatic heterocycles. The Morgan fingerprint density at radius 2 is 1.47 bits per heavy atom. The summed E-state index contributed by atoms with van der Waals surface area (Å²) in [6.45, 7) is 4.89. The SMILES string of the molecule is CCC[C@H]1CC[C@H](C2CCNCC2)CC1. The number of hydrogen-bond acceptors (Lipinski definition) is 1. The number of nitrogens with one attached hydrogen (secondary N) is 1. The number of rotatable bonds is 3. The summed E-state index contributed by atoms with van der Waals surface area (Å²) in [4.78, 5) is 0. The highest BCUT2D eigenvalue weighted by Gasteiger charge is 2.27. The molecule has 88 valence electrons. The zero-order valence-electron chi connectivity index (χ0n) is 10.3. The summed E-state index contributed by atoms with van der Waals surface area (Å²) in [7, 11) is 0. The smallest absolute Gasteiger partial charge is 0.00462 e. The lowest BCUT2D eigenvalue weighted by Gasteiger charge is -2.36. The third-order valence-electron chi connectivity index (χ3n) is 4.64. The van der Waals surface area contributed by atoms with Gasteiger partial charge in [0.15, 0.2) is 0 Å². The van der Waals surface area contributed by atoms with Gasteiger partial charge in [-0.3, -0.25) is 0 Å². The van der Waals surface area contributed by atoms with Gasteiger partial charge in [-0.05, 0) is 56.5 Å². The van der Waals surface area contributed by atoms with Gasteiger partial charge in [-0.15, -0.1) is 0 Å². The van der Waals surface area contributed by atoms with E-state index in [1.807, 2.05) is 0 Å². The van der Waals surface area contributed by atoms with Crippen LogP contribution in [-0.2, 0) is 0 Å². The van der Waals surface area contributed by atoms with Crippen molar-refractivity contribution in [1.29, 1.82) is 0 Å². The standard InChI is InChI=1S/C14H27N/c1-2-3-12-4-6-13(7-5-12)14-8-10-15-11-9-14/h12-15H,2-11H2,1H3/t12-,13-. The number of hydrogen-bond donors (Lipinski definition) is 1. The number of piperidine rings is 1. The summed E-state index contributed by atoms with van der Waals surface area (Å²) >= 11 is 0. The van der Waals surface area contributed by atoms with Gasteiger partial charge in [0, 0.05) is 0 Å². The van der Waals surface area contributed by atoms with Crippen LogP contribution in [0, 0.1) is 17.8 Å². The first-order valence-corrected chi connectivity index (χ1v) is 7.11. The Kier molecular flexibility index (Phi) is 4.49. The Hall–Kier alpha value is -0.0400. The second-order valence-electron chi connectivity index (χ2n) is 5.66. The van der Waals surface area contributed by atoms with Crippen molar-refractivity contribution in [3.8, 4) is 0 Å². The fourth-order valence-electron chi connectivity index (χ4n) is 3.67. The van der Waals surface area contributed by atoms with E-state index in [0.29, 0.717) is 0 Å². The molecule has 2 rings (SSSR count). The fraction of sp³-hybridized carbons (Fsp3) is 1.00. The van der Waals surface area contributed by atoms with E-state index in [4.69, 9.17) is 0 Å². The van der Waals surface area contributed by atoms with Crippen LogP contribution in [0.5, 0.6) is 0 Å². The maximum absolute atomic E-state index is 3.48. The highest BCUT2D eigenvalue weighted by molar-refractivity contribution is 4.80. The monoisotopic (exact) mass is 209 g/mol. The van der Waals surface area contributed by atoms with Crippen LogP contribution in [-0.4, -0.2) is 13.1 Å². The van der Waals surface area contributed by atoms with Crippen molar-refractivity contribution in [2.75, 3.05) is 13.1 Å². The maximum Gasteiger partial charge on any atom is -0.00462 e. The highest BCUT2D eigenvalue weighted by Crippen LogP contribution is 2.38. The minimum absolute atomic E-state index is 1.06. The molecule has 1 heteroatoms. The van der Waals surface area contributed by atoms with Crippen molar-refractivity contribution in [1.82, 2.24) is 5.32 Å². The van der Waals surface area contributed by atoms with Gasteiger partial charge in [0.05, 0.1) is 0 Å². The third kappa shape index (κ3) is 3.21. The molecule has 1 aliphatic heterocycles. The third-order valence-corrected chi connectivity index (χ3v) is 4.64. The topological polar surface area (TPSA) is 12.0 Å². The molecular formula is C14H27N. The summed E-state index contributed by atoms with van der Waals surface area (Å²) in [5.74, 6) is 3.22. The van der Waals surface area contributed by atoms with E-state index >= 15 is 0 Å². The molecule has 0 atom stereocenters. The second-order valence-corrected chi connectivity index (χ2v) is 5.66. The lowest BCUT2D eigenvalue weighted by Crippen LogP contribution is -2.33. The lowest BCUT2D eigenvalue weighted by atomic mass is 9.72. The molecular weight excluding hydrogens is 182 g/mol. The molecule has 0 bridgehead atoms. The molecule has 0 radical (unpaired) electrons. The molecule has 15 heavy (non-hydrogen) atoms.